The Morgan fingerprint density at radius 2 is 1.47 bits per heavy atom. The summed E-state index contributed by atoms with van der Waals surface area (Å²) < 4.78 is 18.6. The first-order valence-corrected chi connectivity index (χ1v) is 16.3. The standard InChI is InChI=1S/C38H39ClN4O4/c1-3-40-38(44)36-35(30-16-10-15-29(21-30)24-43-19-17-42(2)18-20-43)37(47-41-36)31-22-32(39)34(46-26-28-13-8-5-9-14-28)23-33(31)45-25-27-11-6-4-7-12-27/h4-16,21-23H,3,17-20,24-26H2,1-2H3,(H,40,44). The molecule has 0 radical (unpaired) electrons. The summed E-state index contributed by atoms with van der Waals surface area (Å²) >= 11 is 6.87. The first-order valence-electron chi connectivity index (χ1n) is 15.9. The van der Waals surface area contributed by atoms with Gasteiger partial charge in [0.05, 0.1) is 16.1 Å². The Balaban J connectivity index is 1.40. The Morgan fingerprint density at radius 1 is 0.830 bits per heavy atom. The number of nitrogens with one attached hydrogen (secondary N) is 1. The molecular weight excluding hydrogens is 612 g/mol. The molecule has 0 unspecified atom stereocenters. The molecule has 1 aliphatic heterocycles. The molecule has 0 atom stereocenters. The Labute approximate surface area is 280 Å². The van der Waals surface area contributed by atoms with Gasteiger partial charge in [-0.25, -0.2) is 0 Å². The smallest absolute Gasteiger partial charge is 0.274 e. The van der Waals surface area contributed by atoms with Crippen LogP contribution < -0.4 is 14.8 Å². The van der Waals surface area contributed by atoms with Gasteiger partial charge in [-0.2, -0.15) is 0 Å². The lowest BCUT2D eigenvalue weighted by Crippen LogP contribution is -2.43. The molecule has 1 saturated heterocycles. The molecule has 242 valence electrons. The van der Waals surface area contributed by atoms with E-state index in [1.54, 1.807) is 12.1 Å². The Bertz CT molecular complexity index is 1790. The number of amides is 1. The molecule has 0 spiro atoms. The second-order valence-electron chi connectivity index (χ2n) is 11.7. The molecular formula is C38H39ClN4O4. The molecule has 4 aromatic carbocycles. The molecule has 1 amide bonds. The molecule has 8 nitrogen and oxygen atoms in total. The number of hydrogen-bond donors (Lipinski definition) is 1. The molecule has 1 aliphatic rings. The number of carbonyl (C=O) groups is 1. The number of nitrogens with zero attached hydrogens (tertiary/aromatic N) is 3. The lowest BCUT2D eigenvalue weighted by atomic mass is 9.96. The maximum absolute atomic E-state index is 13.3. The average molecular weight is 651 g/mol. The fraction of sp³-hybridized carbons (Fsp3) is 0.263. The number of piperazine rings is 1. The number of likely N-dealkylation sites (N-methyl/N-ethyl adjacent to an activating group) is 1. The van der Waals surface area contributed by atoms with Gasteiger partial charge in [-0.3, -0.25) is 9.69 Å². The van der Waals surface area contributed by atoms with Gasteiger partial charge < -0.3 is 24.2 Å². The molecule has 2 heterocycles. The summed E-state index contributed by atoms with van der Waals surface area (Å²) in [5.74, 6) is 1.04. The highest BCUT2D eigenvalue weighted by Crippen LogP contribution is 2.44. The molecule has 1 N–H and O–H groups in total. The minimum absolute atomic E-state index is 0.202. The quantitative estimate of drug-likeness (QED) is 0.152. The summed E-state index contributed by atoms with van der Waals surface area (Å²) in [6.45, 7) is 7.86. The van der Waals surface area contributed by atoms with Crippen molar-refractivity contribution in [2.24, 2.45) is 0 Å². The third-order valence-electron chi connectivity index (χ3n) is 8.22. The van der Waals surface area contributed by atoms with Crippen molar-refractivity contribution < 1.29 is 18.8 Å². The summed E-state index contributed by atoms with van der Waals surface area (Å²) in [5, 5.41) is 7.56. The van der Waals surface area contributed by atoms with Gasteiger partial charge in [-0.1, -0.05) is 95.6 Å². The van der Waals surface area contributed by atoms with Crippen molar-refractivity contribution in [3.8, 4) is 33.9 Å². The summed E-state index contributed by atoms with van der Waals surface area (Å²) in [5.41, 5.74) is 5.33. The van der Waals surface area contributed by atoms with E-state index in [9.17, 15) is 4.79 Å². The molecule has 1 fully saturated rings. The van der Waals surface area contributed by atoms with Crippen LogP contribution in [0.4, 0.5) is 0 Å². The zero-order valence-electron chi connectivity index (χ0n) is 26.7. The van der Waals surface area contributed by atoms with Crippen LogP contribution in [0.5, 0.6) is 11.5 Å². The SMILES string of the molecule is CCNC(=O)c1noc(-c2cc(Cl)c(OCc3ccccc3)cc2OCc2ccccc2)c1-c1cccc(CN2CCN(C)CC2)c1. The third-order valence-corrected chi connectivity index (χ3v) is 8.51. The Kier molecular flexibility index (Phi) is 10.5. The highest BCUT2D eigenvalue weighted by molar-refractivity contribution is 6.32. The summed E-state index contributed by atoms with van der Waals surface area (Å²) in [4.78, 5) is 18.1. The molecule has 0 aliphatic carbocycles. The lowest BCUT2D eigenvalue weighted by molar-refractivity contribution is 0.0947. The van der Waals surface area contributed by atoms with Crippen LogP contribution in [0.3, 0.4) is 0 Å². The second-order valence-corrected chi connectivity index (χ2v) is 12.1. The fourth-order valence-electron chi connectivity index (χ4n) is 5.64. The van der Waals surface area contributed by atoms with Crippen LogP contribution in [0.15, 0.2) is 102 Å². The lowest BCUT2D eigenvalue weighted by Gasteiger charge is -2.32. The number of ether oxygens (including phenoxy) is 2. The molecule has 5 aromatic rings. The highest BCUT2D eigenvalue weighted by atomic mass is 35.5. The first kappa shape index (κ1) is 32.3. The van der Waals surface area contributed by atoms with Gasteiger partial charge in [-0.15, -0.1) is 0 Å². The topological polar surface area (TPSA) is 80.1 Å². The van der Waals surface area contributed by atoms with Gasteiger partial charge in [0.2, 0.25) is 0 Å². The molecule has 0 saturated carbocycles. The zero-order valence-corrected chi connectivity index (χ0v) is 27.5. The zero-order chi connectivity index (χ0) is 32.6. The van der Waals surface area contributed by atoms with E-state index in [2.05, 4.69) is 39.5 Å². The van der Waals surface area contributed by atoms with E-state index in [-0.39, 0.29) is 11.6 Å². The molecule has 9 heteroatoms. The summed E-state index contributed by atoms with van der Waals surface area (Å²) in [6, 6.07) is 31.6. The fourth-order valence-corrected chi connectivity index (χ4v) is 5.86. The summed E-state index contributed by atoms with van der Waals surface area (Å²) in [7, 11) is 2.15. The van der Waals surface area contributed by atoms with Crippen molar-refractivity contribution in [2.75, 3.05) is 39.8 Å². The van der Waals surface area contributed by atoms with E-state index < -0.39 is 0 Å². The van der Waals surface area contributed by atoms with Crippen molar-refractivity contribution in [3.63, 3.8) is 0 Å². The summed E-state index contributed by atoms with van der Waals surface area (Å²) in [6.07, 6.45) is 0. The van der Waals surface area contributed by atoms with Crippen molar-refractivity contribution in [1.29, 1.82) is 0 Å². The van der Waals surface area contributed by atoms with Crippen LogP contribution in [-0.4, -0.2) is 60.6 Å². The number of aromatic nitrogens is 1. The first-order chi connectivity index (χ1) is 23.0. The van der Waals surface area contributed by atoms with E-state index in [1.165, 1.54) is 0 Å². The maximum atomic E-state index is 13.3. The van der Waals surface area contributed by atoms with Crippen LogP contribution in [0, 0.1) is 0 Å². The number of halogens is 1. The monoisotopic (exact) mass is 650 g/mol. The van der Waals surface area contributed by atoms with E-state index in [0.29, 0.717) is 53.2 Å². The average Bonchev–Trinajstić information content (AvgIpc) is 3.55. The van der Waals surface area contributed by atoms with Gasteiger partial charge in [0.25, 0.3) is 5.91 Å². The van der Waals surface area contributed by atoms with Gasteiger partial charge >= 0.3 is 0 Å². The second kappa shape index (κ2) is 15.3. The predicted octanol–water partition coefficient (Wildman–Crippen LogP) is 7.32. The van der Waals surface area contributed by atoms with Gasteiger partial charge in [0.1, 0.15) is 24.7 Å². The molecule has 0 bridgehead atoms. The maximum Gasteiger partial charge on any atom is 0.274 e. The van der Waals surface area contributed by atoms with Crippen molar-refractivity contribution >= 4 is 17.5 Å². The van der Waals surface area contributed by atoms with Crippen molar-refractivity contribution in [3.05, 3.63) is 124 Å². The predicted molar refractivity (Wildman–Crippen MR) is 185 cm³/mol. The van der Waals surface area contributed by atoms with Crippen molar-refractivity contribution in [1.82, 2.24) is 20.3 Å². The highest BCUT2D eigenvalue weighted by Gasteiger charge is 2.28. The third kappa shape index (κ3) is 8.03. The molecule has 1 aromatic heterocycles. The van der Waals surface area contributed by atoms with E-state index in [1.807, 2.05) is 79.7 Å². The van der Waals surface area contributed by atoms with E-state index >= 15 is 0 Å². The van der Waals surface area contributed by atoms with Crippen LogP contribution in [-0.2, 0) is 19.8 Å². The van der Waals surface area contributed by atoms with Crippen LogP contribution >= 0.6 is 11.6 Å². The number of benzene rings is 4. The van der Waals surface area contributed by atoms with Crippen molar-refractivity contribution in [2.45, 2.75) is 26.7 Å². The minimum atomic E-state index is -0.317. The van der Waals surface area contributed by atoms with Gasteiger partial charge in [0, 0.05) is 45.3 Å². The normalized spacial score (nSPS) is 13.8. The number of hydrogen-bond acceptors (Lipinski definition) is 7. The van der Waals surface area contributed by atoms with Crippen LogP contribution in [0.25, 0.3) is 22.5 Å². The Hall–Kier alpha value is -4.63. The van der Waals surface area contributed by atoms with E-state index in [4.69, 9.17) is 25.6 Å². The van der Waals surface area contributed by atoms with Crippen LogP contribution in [0.1, 0.15) is 34.1 Å². The van der Waals surface area contributed by atoms with Gasteiger partial charge in [-0.05, 0) is 48.4 Å². The molecule has 6 rings (SSSR count). The molecule has 47 heavy (non-hydrogen) atoms. The number of carbonyl (C=O) groups excluding carboxylic acids is 1. The largest absolute Gasteiger partial charge is 0.488 e. The van der Waals surface area contributed by atoms with E-state index in [0.717, 1.165) is 55.0 Å². The van der Waals surface area contributed by atoms with Gasteiger partial charge in [0.15, 0.2) is 11.5 Å². The van der Waals surface area contributed by atoms with Crippen LogP contribution in [0.2, 0.25) is 5.02 Å². The Morgan fingerprint density at radius 3 is 2.13 bits per heavy atom. The minimum Gasteiger partial charge on any atom is -0.488 e. The number of rotatable bonds is 12.